The number of rotatable bonds is 4. The third kappa shape index (κ3) is 3.41. The Labute approximate surface area is 155 Å². The number of nitrogens with zero attached hydrogens (tertiary/aromatic N) is 3. The molecule has 0 radical (unpaired) electrons. The summed E-state index contributed by atoms with van der Waals surface area (Å²) in [6.07, 6.45) is 1.52. The van der Waals surface area contributed by atoms with E-state index in [2.05, 4.69) is 20.5 Å². The summed E-state index contributed by atoms with van der Waals surface area (Å²) >= 11 is 0. The molecular formula is C21H16N4O2. The maximum absolute atomic E-state index is 10.1. The van der Waals surface area contributed by atoms with Crippen LogP contribution in [0.4, 0.5) is 5.82 Å². The molecule has 4 rings (SSSR count). The first kappa shape index (κ1) is 16.5. The Kier molecular flexibility index (Phi) is 4.37. The Morgan fingerprint density at radius 3 is 2.30 bits per heavy atom. The Morgan fingerprint density at radius 1 is 0.778 bits per heavy atom. The molecule has 0 aliphatic carbocycles. The summed E-state index contributed by atoms with van der Waals surface area (Å²) in [6, 6.07) is 21.4. The lowest BCUT2D eigenvalue weighted by Gasteiger charge is -2.09. The number of benzene rings is 3. The molecule has 0 bridgehead atoms. The summed E-state index contributed by atoms with van der Waals surface area (Å²) in [5.74, 6) is 1.15. The number of hydrogen-bond acceptors (Lipinski definition) is 6. The van der Waals surface area contributed by atoms with Crippen LogP contribution in [0.2, 0.25) is 0 Å². The third-order valence-electron chi connectivity index (χ3n) is 4.06. The second kappa shape index (κ2) is 7.13. The van der Waals surface area contributed by atoms with Gasteiger partial charge in [0.15, 0.2) is 11.6 Å². The Balaban J connectivity index is 1.75. The normalized spacial score (nSPS) is 11.1. The van der Waals surface area contributed by atoms with E-state index in [0.717, 1.165) is 10.9 Å². The van der Waals surface area contributed by atoms with Gasteiger partial charge in [-0.1, -0.05) is 36.4 Å². The first-order valence-corrected chi connectivity index (χ1v) is 8.34. The molecule has 6 nitrogen and oxygen atoms in total. The standard InChI is InChI=1S/C21H16N4O2/c26-18-11-5-1-7-14(18)13-22-25-21-15-8-2-4-10-17(15)23-20(24-21)16-9-3-6-12-19(16)27/h1-13,26-27H,(H,23,24,25)/b22-13+. The van der Waals surface area contributed by atoms with E-state index >= 15 is 0 Å². The van der Waals surface area contributed by atoms with E-state index in [1.807, 2.05) is 36.4 Å². The van der Waals surface area contributed by atoms with Crippen molar-refractivity contribution >= 4 is 22.9 Å². The lowest BCUT2D eigenvalue weighted by atomic mass is 10.1. The van der Waals surface area contributed by atoms with Crippen molar-refractivity contribution < 1.29 is 10.2 Å². The van der Waals surface area contributed by atoms with Crippen LogP contribution in [0.1, 0.15) is 5.56 Å². The van der Waals surface area contributed by atoms with Gasteiger partial charge in [-0.2, -0.15) is 5.10 Å². The topological polar surface area (TPSA) is 90.6 Å². The molecule has 27 heavy (non-hydrogen) atoms. The van der Waals surface area contributed by atoms with Crippen LogP contribution in [0.15, 0.2) is 77.9 Å². The Bertz CT molecular complexity index is 1140. The number of phenolic OH excluding ortho intramolecular Hbond substituents is 2. The van der Waals surface area contributed by atoms with Gasteiger partial charge in [0.05, 0.1) is 17.3 Å². The van der Waals surface area contributed by atoms with Gasteiger partial charge < -0.3 is 10.2 Å². The molecule has 6 heteroatoms. The number of nitrogens with one attached hydrogen (secondary N) is 1. The molecule has 0 saturated heterocycles. The van der Waals surface area contributed by atoms with Gasteiger partial charge in [0, 0.05) is 10.9 Å². The minimum atomic E-state index is 0.108. The summed E-state index contributed by atoms with van der Waals surface area (Å²) in [4.78, 5) is 9.07. The minimum Gasteiger partial charge on any atom is -0.507 e. The van der Waals surface area contributed by atoms with Gasteiger partial charge in [-0.05, 0) is 36.4 Å². The summed E-state index contributed by atoms with van der Waals surface area (Å²) in [6.45, 7) is 0. The number of aromatic nitrogens is 2. The monoisotopic (exact) mass is 356 g/mol. The molecule has 4 aromatic rings. The molecule has 0 spiro atoms. The van der Waals surface area contributed by atoms with Gasteiger partial charge in [-0.25, -0.2) is 9.97 Å². The van der Waals surface area contributed by atoms with Crippen LogP contribution >= 0.6 is 0 Å². The van der Waals surface area contributed by atoms with Crippen LogP contribution in [0.3, 0.4) is 0 Å². The summed E-state index contributed by atoms with van der Waals surface area (Å²) < 4.78 is 0. The van der Waals surface area contributed by atoms with Crippen molar-refractivity contribution in [3.05, 3.63) is 78.4 Å². The van der Waals surface area contributed by atoms with Crippen molar-refractivity contribution in [2.24, 2.45) is 5.10 Å². The smallest absolute Gasteiger partial charge is 0.165 e. The fourth-order valence-electron chi connectivity index (χ4n) is 2.70. The fraction of sp³-hybridized carbons (Fsp3) is 0. The molecule has 0 saturated carbocycles. The largest absolute Gasteiger partial charge is 0.507 e. The Morgan fingerprint density at radius 2 is 1.48 bits per heavy atom. The Hall–Kier alpha value is -3.93. The van der Waals surface area contributed by atoms with E-state index in [-0.39, 0.29) is 11.5 Å². The molecule has 3 N–H and O–H groups in total. The number of hydrogen-bond donors (Lipinski definition) is 3. The van der Waals surface area contributed by atoms with Crippen LogP contribution < -0.4 is 5.43 Å². The van der Waals surface area contributed by atoms with E-state index in [4.69, 9.17) is 0 Å². The first-order valence-electron chi connectivity index (χ1n) is 8.34. The van der Waals surface area contributed by atoms with E-state index in [9.17, 15) is 10.2 Å². The summed E-state index contributed by atoms with van der Waals surface area (Å²) in [5.41, 5.74) is 4.77. The molecule has 0 unspecified atom stereocenters. The summed E-state index contributed by atoms with van der Waals surface area (Å²) in [7, 11) is 0. The van der Waals surface area contributed by atoms with E-state index in [1.54, 1.807) is 36.4 Å². The molecule has 0 aliphatic heterocycles. The van der Waals surface area contributed by atoms with Crippen molar-refractivity contribution in [1.82, 2.24) is 9.97 Å². The molecule has 1 heterocycles. The second-order valence-electron chi connectivity index (χ2n) is 5.86. The molecule has 0 atom stereocenters. The third-order valence-corrected chi connectivity index (χ3v) is 4.06. The molecule has 3 aromatic carbocycles. The van der Waals surface area contributed by atoms with Gasteiger partial charge >= 0.3 is 0 Å². The number of para-hydroxylation sites is 3. The molecule has 0 fully saturated rings. The van der Waals surface area contributed by atoms with Crippen molar-refractivity contribution in [2.75, 3.05) is 5.43 Å². The highest BCUT2D eigenvalue weighted by atomic mass is 16.3. The van der Waals surface area contributed by atoms with Gasteiger partial charge in [0.2, 0.25) is 0 Å². The summed E-state index contributed by atoms with van der Waals surface area (Å²) in [5, 5.41) is 24.9. The van der Waals surface area contributed by atoms with E-state index in [0.29, 0.717) is 22.8 Å². The van der Waals surface area contributed by atoms with Crippen molar-refractivity contribution in [1.29, 1.82) is 0 Å². The molecule has 0 aliphatic rings. The van der Waals surface area contributed by atoms with Crippen molar-refractivity contribution in [3.63, 3.8) is 0 Å². The average Bonchev–Trinajstić information content (AvgIpc) is 2.69. The molecular weight excluding hydrogens is 340 g/mol. The lowest BCUT2D eigenvalue weighted by molar-refractivity contribution is 0.474. The molecule has 0 amide bonds. The number of anilines is 1. The zero-order valence-corrected chi connectivity index (χ0v) is 14.2. The minimum absolute atomic E-state index is 0.108. The quantitative estimate of drug-likeness (QED) is 0.377. The van der Waals surface area contributed by atoms with Crippen LogP contribution in [-0.2, 0) is 0 Å². The predicted octanol–water partition coefficient (Wildman–Crippen LogP) is 4.15. The van der Waals surface area contributed by atoms with E-state index < -0.39 is 0 Å². The predicted molar refractivity (Wildman–Crippen MR) is 106 cm³/mol. The lowest BCUT2D eigenvalue weighted by Crippen LogP contribution is -1.99. The molecule has 132 valence electrons. The highest BCUT2D eigenvalue weighted by molar-refractivity contribution is 5.91. The highest BCUT2D eigenvalue weighted by Crippen LogP contribution is 2.29. The van der Waals surface area contributed by atoms with Crippen LogP contribution in [-0.4, -0.2) is 26.4 Å². The first-order chi connectivity index (χ1) is 13.2. The SMILES string of the molecule is Oc1ccccc1/C=N/Nc1nc(-c2ccccc2O)nc2ccccc12. The zero-order chi connectivity index (χ0) is 18.6. The molecule has 1 aromatic heterocycles. The van der Waals surface area contributed by atoms with Crippen molar-refractivity contribution in [3.8, 4) is 22.9 Å². The number of hydrazone groups is 1. The average molecular weight is 356 g/mol. The zero-order valence-electron chi connectivity index (χ0n) is 14.2. The maximum Gasteiger partial charge on any atom is 0.165 e. The second-order valence-corrected chi connectivity index (χ2v) is 5.86. The maximum atomic E-state index is 10.1. The van der Waals surface area contributed by atoms with Crippen LogP contribution in [0.5, 0.6) is 11.5 Å². The fourth-order valence-corrected chi connectivity index (χ4v) is 2.70. The van der Waals surface area contributed by atoms with Gasteiger partial charge in [-0.15, -0.1) is 0 Å². The number of fused-ring (bicyclic) bond motifs is 1. The van der Waals surface area contributed by atoms with Gasteiger partial charge in [0.25, 0.3) is 0 Å². The van der Waals surface area contributed by atoms with Gasteiger partial charge in [0.1, 0.15) is 11.5 Å². The number of phenols is 2. The highest BCUT2D eigenvalue weighted by Gasteiger charge is 2.11. The van der Waals surface area contributed by atoms with Crippen LogP contribution in [0, 0.1) is 0 Å². The van der Waals surface area contributed by atoms with Gasteiger partial charge in [-0.3, -0.25) is 5.43 Å². The number of aromatic hydroxyl groups is 2. The van der Waals surface area contributed by atoms with E-state index in [1.165, 1.54) is 6.21 Å². The van der Waals surface area contributed by atoms with Crippen LogP contribution in [0.25, 0.3) is 22.3 Å². The van der Waals surface area contributed by atoms with Crippen molar-refractivity contribution in [2.45, 2.75) is 0 Å².